The summed E-state index contributed by atoms with van der Waals surface area (Å²) in [5.41, 5.74) is 0. The lowest BCUT2D eigenvalue weighted by atomic mass is 10.0. The van der Waals surface area contributed by atoms with Gasteiger partial charge in [0.2, 0.25) is 0 Å². The van der Waals surface area contributed by atoms with Crippen molar-refractivity contribution in [1.82, 2.24) is 0 Å². The standard InChI is InChI=1S/C62H114O6/c1-4-7-10-13-16-19-22-25-28-30-31-33-34-37-40-43-46-49-52-55-61(64)67-58-59(57-66-60(63)54-51-48-45-42-39-36-27-24-21-18-15-12-9-6-3)68-62(65)56-53-50-47-44-41-38-35-32-29-26-23-20-17-14-11-8-5-2/h15,18,24-25,27-28,59H,4-14,16-17,19-23,26,29-58H2,1-3H3/b18-15-,27-24-,28-25-/t59-/m1/s1. The lowest BCUT2D eigenvalue weighted by Gasteiger charge is -2.18. The minimum atomic E-state index is -0.776. The number of esters is 3. The fourth-order valence-corrected chi connectivity index (χ4v) is 8.81. The summed E-state index contributed by atoms with van der Waals surface area (Å²) in [5.74, 6) is -0.870. The van der Waals surface area contributed by atoms with Crippen molar-refractivity contribution < 1.29 is 28.6 Å². The molecule has 0 unspecified atom stereocenters. The number of unbranched alkanes of at least 4 members (excludes halogenated alkanes) is 38. The molecule has 0 aromatic heterocycles. The van der Waals surface area contributed by atoms with Gasteiger partial charge in [-0.15, -0.1) is 0 Å². The summed E-state index contributed by atoms with van der Waals surface area (Å²) in [5, 5.41) is 0. The molecule has 0 aliphatic carbocycles. The van der Waals surface area contributed by atoms with E-state index < -0.39 is 6.10 Å². The third kappa shape index (κ3) is 54.6. The van der Waals surface area contributed by atoms with E-state index in [1.807, 2.05) is 0 Å². The van der Waals surface area contributed by atoms with Crippen LogP contribution in [0.25, 0.3) is 0 Å². The Hall–Kier alpha value is -2.37. The van der Waals surface area contributed by atoms with Crippen molar-refractivity contribution in [3.05, 3.63) is 36.5 Å². The van der Waals surface area contributed by atoms with Gasteiger partial charge in [0, 0.05) is 19.3 Å². The fourth-order valence-electron chi connectivity index (χ4n) is 8.81. The van der Waals surface area contributed by atoms with Crippen LogP contribution in [0.4, 0.5) is 0 Å². The molecule has 0 N–H and O–H groups in total. The fraction of sp³-hybridized carbons (Fsp3) is 0.855. The first kappa shape index (κ1) is 65.6. The van der Waals surface area contributed by atoms with Gasteiger partial charge in [-0.2, -0.15) is 0 Å². The molecule has 6 nitrogen and oxygen atoms in total. The van der Waals surface area contributed by atoms with Crippen molar-refractivity contribution in [3.8, 4) is 0 Å². The van der Waals surface area contributed by atoms with E-state index in [2.05, 4.69) is 57.2 Å². The molecule has 0 heterocycles. The summed E-state index contributed by atoms with van der Waals surface area (Å²) >= 11 is 0. The molecule has 0 fully saturated rings. The molecule has 398 valence electrons. The van der Waals surface area contributed by atoms with Gasteiger partial charge in [-0.1, -0.05) is 269 Å². The van der Waals surface area contributed by atoms with Gasteiger partial charge < -0.3 is 14.2 Å². The van der Waals surface area contributed by atoms with E-state index >= 15 is 0 Å². The molecule has 6 heteroatoms. The van der Waals surface area contributed by atoms with Crippen LogP contribution >= 0.6 is 0 Å². The molecule has 0 aromatic carbocycles. The van der Waals surface area contributed by atoms with E-state index in [9.17, 15) is 14.4 Å². The highest BCUT2D eigenvalue weighted by atomic mass is 16.6. The maximum absolute atomic E-state index is 12.9. The molecular formula is C62H114O6. The van der Waals surface area contributed by atoms with E-state index in [1.165, 1.54) is 205 Å². The molecule has 0 aliphatic rings. The third-order valence-corrected chi connectivity index (χ3v) is 13.4. The highest BCUT2D eigenvalue weighted by molar-refractivity contribution is 5.71. The first-order valence-electron chi connectivity index (χ1n) is 30.0. The molecule has 0 rings (SSSR count). The molecular weight excluding hydrogens is 841 g/mol. The van der Waals surface area contributed by atoms with Crippen LogP contribution < -0.4 is 0 Å². The van der Waals surface area contributed by atoms with Crippen LogP contribution in [-0.4, -0.2) is 37.2 Å². The second-order valence-electron chi connectivity index (χ2n) is 20.3. The Balaban J connectivity index is 4.33. The summed E-state index contributed by atoms with van der Waals surface area (Å²) in [4.78, 5) is 38.2. The van der Waals surface area contributed by atoms with Gasteiger partial charge in [0.25, 0.3) is 0 Å². The lowest BCUT2D eigenvalue weighted by molar-refractivity contribution is -0.167. The average Bonchev–Trinajstić information content (AvgIpc) is 3.34. The molecule has 1 atom stereocenters. The van der Waals surface area contributed by atoms with Gasteiger partial charge in [0.1, 0.15) is 13.2 Å². The highest BCUT2D eigenvalue weighted by Crippen LogP contribution is 2.17. The molecule has 0 radical (unpaired) electrons. The zero-order valence-electron chi connectivity index (χ0n) is 45.6. The Bertz CT molecular complexity index is 1140. The van der Waals surface area contributed by atoms with E-state index in [4.69, 9.17) is 14.2 Å². The predicted octanol–water partition coefficient (Wildman–Crippen LogP) is 20.0. The average molecular weight is 956 g/mol. The summed E-state index contributed by atoms with van der Waals surface area (Å²) in [7, 11) is 0. The van der Waals surface area contributed by atoms with Gasteiger partial charge in [0.15, 0.2) is 6.10 Å². The zero-order valence-corrected chi connectivity index (χ0v) is 45.6. The van der Waals surface area contributed by atoms with Gasteiger partial charge >= 0.3 is 17.9 Å². The molecule has 68 heavy (non-hydrogen) atoms. The molecule has 0 aromatic rings. The zero-order chi connectivity index (χ0) is 49.3. The molecule has 0 spiro atoms. The first-order valence-corrected chi connectivity index (χ1v) is 30.0. The highest BCUT2D eigenvalue weighted by Gasteiger charge is 2.19. The van der Waals surface area contributed by atoms with Crippen molar-refractivity contribution in [2.45, 2.75) is 329 Å². The maximum Gasteiger partial charge on any atom is 0.306 e. The van der Waals surface area contributed by atoms with Crippen molar-refractivity contribution >= 4 is 17.9 Å². The minimum absolute atomic E-state index is 0.0740. The topological polar surface area (TPSA) is 78.9 Å². The van der Waals surface area contributed by atoms with E-state index in [1.54, 1.807) is 0 Å². The Labute approximate surface area is 423 Å². The molecule has 0 aliphatic heterocycles. The van der Waals surface area contributed by atoms with Crippen LogP contribution in [-0.2, 0) is 28.6 Å². The number of ether oxygens (including phenoxy) is 3. The molecule has 0 bridgehead atoms. The Morgan fingerprint density at radius 2 is 0.544 bits per heavy atom. The Morgan fingerprint density at radius 3 is 0.868 bits per heavy atom. The Morgan fingerprint density at radius 1 is 0.294 bits per heavy atom. The summed E-state index contributed by atoms with van der Waals surface area (Å²) in [6.45, 7) is 6.63. The number of hydrogen-bond donors (Lipinski definition) is 0. The van der Waals surface area contributed by atoms with E-state index in [0.717, 1.165) is 77.0 Å². The Kier molecular flexibility index (Phi) is 55.2. The van der Waals surface area contributed by atoms with Crippen LogP contribution in [0, 0.1) is 0 Å². The van der Waals surface area contributed by atoms with Crippen molar-refractivity contribution in [2.75, 3.05) is 13.2 Å². The van der Waals surface area contributed by atoms with Gasteiger partial charge in [-0.25, -0.2) is 0 Å². The minimum Gasteiger partial charge on any atom is -0.462 e. The second-order valence-corrected chi connectivity index (χ2v) is 20.3. The van der Waals surface area contributed by atoms with Crippen LogP contribution in [0.2, 0.25) is 0 Å². The van der Waals surface area contributed by atoms with Crippen LogP contribution in [0.5, 0.6) is 0 Å². The summed E-state index contributed by atoms with van der Waals surface area (Å²) in [6.07, 6.45) is 68.5. The van der Waals surface area contributed by atoms with E-state index in [0.29, 0.717) is 19.3 Å². The van der Waals surface area contributed by atoms with Crippen molar-refractivity contribution in [3.63, 3.8) is 0 Å². The van der Waals surface area contributed by atoms with Crippen molar-refractivity contribution in [2.24, 2.45) is 0 Å². The largest absolute Gasteiger partial charge is 0.462 e. The van der Waals surface area contributed by atoms with E-state index in [-0.39, 0.29) is 31.1 Å². The number of carbonyl (C=O) groups is 3. The van der Waals surface area contributed by atoms with Crippen LogP contribution in [0.15, 0.2) is 36.5 Å². The monoisotopic (exact) mass is 955 g/mol. The second kappa shape index (κ2) is 57.2. The number of carbonyl (C=O) groups excluding carboxylic acids is 3. The van der Waals surface area contributed by atoms with Crippen LogP contribution in [0.1, 0.15) is 323 Å². The number of allylic oxidation sites excluding steroid dienone is 6. The summed E-state index contributed by atoms with van der Waals surface area (Å²) in [6, 6.07) is 0. The van der Waals surface area contributed by atoms with Crippen LogP contribution in [0.3, 0.4) is 0 Å². The quantitative estimate of drug-likeness (QED) is 0.0262. The molecule has 0 amide bonds. The third-order valence-electron chi connectivity index (χ3n) is 13.4. The molecule has 0 saturated carbocycles. The first-order chi connectivity index (χ1) is 33.5. The smallest absolute Gasteiger partial charge is 0.306 e. The van der Waals surface area contributed by atoms with Gasteiger partial charge in [-0.05, 0) is 70.6 Å². The SMILES string of the molecule is CCCC/C=C\C/C=C\CCCCCCCC(=O)OC[C@H](COC(=O)CCCCCCCCCCC/C=C\CCCCCCCC)OC(=O)CCCCCCCCCCCCCCCCCCC. The normalized spacial score (nSPS) is 12.2. The summed E-state index contributed by atoms with van der Waals surface area (Å²) < 4.78 is 16.9. The predicted molar refractivity (Wildman–Crippen MR) is 293 cm³/mol. The lowest BCUT2D eigenvalue weighted by Crippen LogP contribution is -2.30. The maximum atomic E-state index is 12.9. The number of rotatable bonds is 55. The van der Waals surface area contributed by atoms with Gasteiger partial charge in [0.05, 0.1) is 0 Å². The molecule has 0 saturated heterocycles. The van der Waals surface area contributed by atoms with Crippen molar-refractivity contribution in [1.29, 1.82) is 0 Å². The van der Waals surface area contributed by atoms with Gasteiger partial charge in [-0.3, -0.25) is 14.4 Å². The number of hydrogen-bond acceptors (Lipinski definition) is 6.